The van der Waals surface area contributed by atoms with E-state index in [1.807, 2.05) is 36.6 Å². The van der Waals surface area contributed by atoms with E-state index in [1.165, 1.54) is 7.11 Å². The van der Waals surface area contributed by atoms with Gasteiger partial charge in [-0.3, -0.25) is 19.3 Å². The van der Waals surface area contributed by atoms with Crippen molar-refractivity contribution in [1.82, 2.24) is 4.90 Å². The number of thioether (sulfide) groups is 1. The number of nitrogens with one attached hydrogen (secondary N) is 1. The molecule has 0 saturated carbocycles. The Morgan fingerprint density at radius 2 is 1.68 bits per heavy atom. The lowest BCUT2D eigenvalue weighted by Crippen LogP contribution is -2.47. The molecule has 0 fully saturated rings. The van der Waals surface area contributed by atoms with Gasteiger partial charge in [-0.15, -0.1) is 0 Å². The quantitative estimate of drug-likeness (QED) is 0.381. The predicted molar refractivity (Wildman–Crippen MR) is 133 cm³/mol. The van der Waals surface area contributed by atoms with Crippen LogP contribution >= 0.6 is 11.8 Å². The Balaban J connectivity index is 1.50. The summed E-state index contributed by atoms with van der Waals surface area (Å²) >= 11 is 1.54. The van der Waals surface area contributed by atoms with Gasteiger partial charge in [0.15, 0.2) is 0 Å². The molecule has 0 aliphatic carbocycles. The summed E-state index contributed by atoms with van der Waals surface area (Å²) in [7, 11) is 1.52. The minimum absolute atomic E-state index is 0.315. The van der Waals surface area contributed by atoms with Crippen LogP contribution in [0.1, 0.15) is 27.1 Å². The van der Waals surface area contributed by atoms with Crippen molar-refractivity contribution in [3.8, 4) is 5.75 Å². The predicted octanol–water partition coefficient (Wildman–Crippen LogP) is 4.95. The highest BCUT2D eigenvalue weighted by molar-refractivity contribution is 7.98. The number of rotatable bonds is 7. The monoisotopic (exact) mass is 474 g/mol. The number of imide groups is 1. The molecule has 1 aromatic heterocycles. The lowest BCUT2D eigenvalue weighted by atomic mass is 10.1. The van der Waals surface area contributed by atoms with E-state index in [-0.39, 0.29) is 0 Å². The molecule has 0 radical (unpaired) electrons. The topological polar surface area (TPSA) is 88.9 Å². The maximum Gasteiger partial charge on any atom is 0.262 e. The number of ether oxygens (including phenoxy) is 1. The number of hydrogen-bond donors (Lipinski definition) is 1. The van der Waals surface area contributed by atoms with Crippen LogP contribution in [0.3, 0.4) is 0 Å². The zero-order valence-electron chi connectivity index (χ0n) is 18.7. The third-order valence-electron chi connectivity index (χ3n) is 5.99. The number of carbonyl (C=O) groups is 3. The fraction of sp³-hybridized carbons (Fsp3) is 0.192. The van der Waals surface area contributed by atoms with E-state index in [4.69, 9.17) is 9.15 Å². The van der Waals surface area contributed by atoms with Gasteiger partial charge in [0.25, 0.3) is 11.8 Å². The van der Waals surface area contributed by atoms with Crippen LogP contribution in [0.2, 0.25) is 0 Å². The lowest BCUT2D eigenvalue weighted by Gasteiger charge is -2.25. The van der Waals surface area contributed by atoms with Crippen LogP contribution in [-0.4, -0.2) is 47.8 Å². The van der Waals surface area contributed by atoms with Crippen LogP contribution in [0, 0.1) is 0 Å². The first-order valence-electron chi connectivity index (χ1n) is 10.8. The summed E-state index contributed by atoms with van der Waals surface area (Å²) in [5.74, 6) is -0.315. The summed E-state index contributed by atoms with van der Waals surface area (Å²) < 4.78 is 11.5. The molecule has 3 amide bonds. The molecule has 2 heterocycles. The van der Waals surface area contributed by atoms with E-state index < -0.39 is 23.8 Å². The lowest BCUT2D eigenvalue weighted by molar-refractivity contribution is -0.120. The van der Waals surface area contributed by atoms with Crippen LogP contribution in [0.4, 0.5) is 5.69 Å². The SMILES string of the molecule is COc1cc2c(cc1NC(=O)[C@H](CCSC)N1C(=O)c3ccccc3C1=O)oc1ccccc12. The highest BCUT2D eigenvalue weighted by atomic mass is 32.2. The number of benzene rings is 3. The van der Waals surface area contributed by atoms with E-state index >= 15 is 0 Å². The fourth-order valence-corrected chi connectivity index (χ4v) is 4.79. The number of fused-ring (bicyclic) bond motifs is 4. The number of furan rings is 1. The average Bonchev–Trinajstić information content (AvgIpc) is 3.33. The molecule has 1 aliphatic heterocycles. The summed E-state index contributed by atoms with van der Waals surface area (Å²) in [5.41, 5.74) is 2.36. The van der Waals surface area contributed by atoms with Gasteiger partial charge in [-0.1, -0.05) is 30.3 Å². The standard InChI is InChI=1S/C26H22N2O5S/c1-32-23-13-18-15-7-5-6-10-21(15)33-22(18)14-19(23)27-24(29)20(11-12-34-2)28-25(30)16-8-3-4-9-17(16)26(28)31/h3-10,13-14,20H,11-12H2,1-2H3,(H,27,29)/t20-/m0/s1. The molecule has 0 spiro atoms. The number of para-hydroxylation sites is 1. The van der Waals surface area contributed by atoms with E-state index in [0.717, 1.165) is 21.3 Å². The molecule has 8 heteroatoms. The number of nitrogens with zero attached hydrogens (tertiary/aromatic N) is 1. The summed E-state index contributed by atoms with van der Waals surface area (Å²) in [6.45, 7) is 0. The van der Waals surface area contributed by atoms with Crippen molar-refractivity contribution in [1.29, 1.82) is 0 Å². The Morgan fingerprint density at radius 3 is 2.35 bits per heavy atom. The van der Waals surface area contributed by atoms with E-state index in [9.17, 15) is 14.4 Å². The van der Waals surface area contributed by atoms with Crippen LogP contribution in [0.5, 0.6) is 5.75 Å². The van der Waals surface area contributed by atoms with Crippen molar-refractivity contribution >= 4 is 57.1 Å². The summed E-state index contributed by atoms with van der Waals surface area (Å²) in [6.07, 6.45) is 2.24. The summed E-state index contributed by atoms with van der Waals surface area (Å²) in [4.78, 5) is 40.6. The minimum atomic E-state index is -0.962. The Hall–Kier alpha value is -3.78. The normalized spacial score (nSPS) is 14.0. The smallest absolute Gasteiger partial charge is 0.262 e. The van der Waals surface area contributed by atoms with Gasteiger partial charge < -0.3 is 14.5 Å². The molecule has 34 heavy (non-hydrogen) atoms. The van der Waals surface area contributed by atoms with Crippen molar-refractivity contribution in [2.45, 2.75) is 12.5 Å². The number of carbonyl (C=O) groups excluding carboxylic acids is 3. The molecular weight excluding hydrogens is 452 g/mol. The van der Waals surface area contributed by atoms with Gasteiger partial charge in [0.1, 0.15) is 23.0 Å². The first-order chi connectivity index (χ1) is 16.5. The summed E-state index contributed by atoms with van der Waals surface area (Å²) in [6, 6.07) is 16.8. The highest BCUT2D eigenvalue weighted by Crippen LogP contribution is 2.37. The maximum absolute atomic E-state index is 13.5. The largest absolute Gasteiger partial charge is 0.495 e. The van der Waals surface area contributed by atoms with Gasteiger partial charge in [0, 0.05) is 16.8 Å². The van der Waals surface area contributed by atoms with Gasteiger partial charge in [-0.05, 0) is 42.7 Å². The van der Waals surface area contributed by atoms with Crippen molar-refractivity contribution in [3.63, 3.8) is 0 Å². The fourth-order valence-electron chi connectivity index (χ4n) is 4.33. The number of methoxy groups -OCH3 is 1. The molecule has 4 aromatic rings. The third-order valence-corrected chi connectivity index (χ3v) is 6.64. The number of anilines is 1. The van der Waals surface area contributed by atoms with E-state index in [0.29, 0.717) is 40.3 Å². The second kappa shape index (κ2) is 8.87. The van der Waals surface area contributed by atoms with E-state index in [2.05, 4.69) is 5.32 Å². The molecule has 0 bridgehead atoms. The molecule has 1 N–H and O–H groups in total. The van der Waals surface area contributed by atoms with Crippen LogP contribution in [0.25, 0.3) is 21.9 Å². The van der Waals surface area contributed by atoms with Crippen molar-refractivity contribution in [3.05, 3.63) is 71.8 Å². The van der Waals surface area contributed by atoms with Gasteiger partial charge in [0.2, 0.25) is 5.91 Å². The van der Waals surface area contributed by atoms with Gasteiger partial charge >= 0.3 is 0 Å². The zero-order valence-corrected chi connectivity index (χ0v) is 19.5. The van der Waals surface area contributed by atoms with Crippen molar-refractivity contribution < 1.29 is 23.5 Å². The molecule has 0 saturated heterocycles. The second-order valence-electron chi connectivity index (χ2n) is 7.96. The van der Waals surface area contributed by atoms with Crippen LogP contribution in [-0.2, 0) is 4.79 Å². The minimum Gasteiger partial charge on any atom is -0.495 e. The molecule has 1 aliphatic rings. The number of hydrogen-bond acceptors (Lipinski definition) is 6. The van der Waals surface area contributed by atoms with Crippen molar-refractivity contribution in [2.75, 3.05) is 24.4 Å². The Labute approximate surface area is 200 Å². The van der Waals surface area contributed by atoms with Gasteiger partial charge in [-0.25, -0.2) is 0 Å². The molecule has 0 unspecified atom stereocenters. The third kappa shape index (κ3) is 3.60. The molecule has 172 valence electrons. The van der Waals surface area contributed by atoms with Crippen LogP contribution < -0.4 is 10.1 Å². The Kier molecular flexibility index (Phi) is 5.75. The second-order valence-corrected chi connectivity index (χ2v) is 8.94. The first kappa shape index (κ1) is 22.0. The highest BCUT2D eigenvalue weighted by Gasteiger charge is 2.42. The van der Waals surface area contributed by atoms with Gasteiger partial charge in [-0.2, -0.15) is 11.8 Å². The average molecular weight is 475 g/mol. The first-order valence-corrected chi connectivity index (χ1v) is 12.2. The zero-order chi connectivity index (χ0) is 23.8. The van der Waals surface area contributed by atoms with Crippen LogP contribution in [0.15, 0.2) is 65.1 Å². The number of amides is 3. The molecule has 7 nitrogen and oxygen atoms in total. The van der Waals surface area contributed by atoms with Crippen molar-refractivity contribution in [2.24, 2.45) is 0 Å². The van der Waals surface area contributed by atoms with E-state index in [1.54, 1.807) is 42.1 Å². The Bertz CT molecular complexity index is 1410. The Morgan fingerprint density at radius 1 is 1.00 bits per heavy atom. The maximum atomic E-state index is 13.5. The van der Waals surface area contributed by atoms with Gasteiger partial charge in [0.05, 0.1) is 23.9 Å². The molecule has 5 rings (SSSR count). The summed E-state index contributed by atoms with van der Waals surface area (Å²) in [5, 5.41) is 4.68. The molecule has 3 aromatic carbocycles. The molecule has 1 atom stereocenters. The molecular formula is C26H22N2O5S.